The van der Waals surface area contributed by atoms with E-state index in [0.29, 0.717) is 0 Å². The molecule has 2 heteroatoms. The molecular weight excluding hydrogens is 148 g/mol. The van der Waals surface area contributed by atoms with Crippen molar-refractivity contribution in [3.8, 4) is 0 Å². The van der Waals surface area contributed by atoms with Gasteiger partial charge >= 0.3 is 0 Å². The van der Waals surface area contributed by atoms with Crippen molar-refractivity contribution in [2.45, 2.75) is 6.92 Å². The number of pyridine rings is 1. The van der Waals surface area contributed by atoms with Crippen LogP contribution in [0, 0.1) is 0 Å². The molecule has 0 amide bonds. The molecule has 0 aliphatic heterocycles. The van der Waals surface area contributed by atoms with Crippen LogP contribution in [0.1, 0.15) is 6.92 Å². The zero-order valence-corrected chi connectivity index (χ0v) is 7.07. The van der Waals surface area contributed by atoms with Crippen molar-refractivity contribution in [2.75, 3.05) is 0 Å². The molecule has 1 heterocycles. The molecule has 12 heavy (non-hydrogen) atoms. The molecule has 2 N–H and O–H groups in total. The predicted octanol–water partition coefficient (Wildman–Crippen LogP) is 0.135. The van der Waals surface area contributed by atoms with Gasteiger partial charge in [-0.25, -0.2) is 0 Å². The third kappa shape index (κ3) is 1.95. The molecule has 0 saturated carbocycles. The summed E-state index contributed by atoms with van der Waals surface area (Å²) in [5, 5.41) is 2.25. The minimum atomic E-state index is 1.08. The van der Waals surface area contributed by atoms with Gasteiger partial charge in [0.2, 0.25) is 0 Å². The third-order valence-electron chi connectivity index (χ3n) is 1.59. The first kappa shape index (κ1) is 8.53. The fraction of sp³-hybridized carbons (Fsp3) is 0.100. The normalized spacial score (nSPS) is 14.4. The standard InChI is InChI=1S/C10H12N2/c1-2-9-5-7-12-8-10(9)4-3-6-11/h2-8H,11H2,1H3/b6-3-,9-2-,10-4-. The van der Waals surface area contributed by atoms with Crippen molar-refractivity contribution >= 4 is 12.2 Å². The number of hydrogen-bond acceptors (Lipinski definition) is 2. The van der Waals surface area contributed by atoms with Crippen LogP contribution in [0.3, 0.4) is 0 Å². The first-order chi connectivity index (χ1) is 5.88. The molecule has 0 saturated heterocycles. The summed E-state index contributed by atoms with van der Waals surface area (Å²) < 4.78 is 0. The lowest BCUT2D eigenvalue weighted by Crippen LogP contribution is -2.23. The SMILES string of the molecule is C/C=c1/ccnc/c1=C/C=C\N. The Balaban J connectivity index is 3.33. The molecule has 0 bridgehead atoms. The maximum atomic E-state index is 5.23. The Morgan fingerprint density at radius 2 is 2.25 bits per heavy atom. The minimum absolute atomic E-state index is 1.08. The second kappa shape index (κ2) is 4.34. The van der Waals surface area contributed by atoms with Crippen LogP contribution in [0.15, 0.2) is 30.7 Å². The topological polar surface area (TPSA) is 38.9 Å². The molecule has 0 aliphatic carbocycles. The predicted molar refractivity (Wildman–Crippen MR) is 51.4 cm³/mol. The van der Waals surface area contributed by atoms with E-state index in [1.54, 1.807) is 12.3 Å². The molecule has 62 valence electrons. The van der Waals surface area contributed by atoms with Gasteiger partial charge in [0.25, 0.3) is 0 Å². The van der Waals surface area contributed by atoms with Gasteiger partial charge in [0, 0.05) is 12.4 Å². The average Bonchev–Trinajstić information content (AvgIpc) is 2.15. The first-order valence-corrected chi connectivity index (χ1v) is 3.83. The van der Waals surface area contributed by atoms with Crippen molar-refractivity contribution in [2.24, 2.45) is 5.73 Å². The maximum absolute atomic E-state index is 5.23. The summed E-state index contributed by atoms with van der Waals surface area (Å²) in [6.45, 7) is 2.00. The Morgan fingerprint density at radius 1 is 1.42 bits per heavy atom. The summed E-state index contributed by atoms with van der Waals surface area (Å²) in [5.41, 5.74) is 5.23. The number of nitrogens with two attached hydrogens (primary N) is 1. The minimum Gasteiger partial charge on any atom is -0.405 e. The molecule has 0 unspecified atom stereocenters. The molecule has 0 radical (unpaired) electrons. The molecule has 0 spiro atoms. The fourth-order valence-corrected chi connectivity index (χ4v) is 0.979. The summed E-state index contributed by atoms with van der Waals surface area (Å²) in [6, 6.07) is 1.97. The molecule has 0 aromatic carbocycles. The molecule has 2 nitrogen and oxygen atoms in total. The second-order valence-electron chi connectivity index (χ2n) is 2.34. The fourth-order valence-electron chi connectivity index (χ4n) is 0.979. The van der Waals surface area contributed by atoms with E-state index < -0.39 is 0 Å². The Kier molecular flexibility index (Phi) is 3.08. The highest BCUT2D eigenvalue weighted by Gasteiger charge is 1.79. The van der Waals surface area contributed by atoms with Gasteiger partial charge in [-0.15, -0.1) is 0 Å². The molecular formula is C10H12N2. The zero-order valence-electron chi connectivity index (χ0n) is 7.07. The van der Waals surface area contributed by atoms with E-state index in [9.17, 15) is 0 Å². The average molecular weight is 160 g/mol. The van der Waals surface area contributed by atoms with E-state index >= 15 is 0 Å². The van der Waals surface area contributed by atoms with Crippen LogP contribution in [0.5, 0.6) is 0 Å². The largest absolute Gasteiger partial charge is 0.405 e. The van der Waals surface area contributed by atoms with E-state index in [1.807, 2.05) is 31.3 Å². The summed E-state index contributed by atoms with van der Waals surface area (Å²) in [7, 11) is 0. The van der Waals surface area contributed by atoms with Gasteiger partial charge in [0.1, 0.15) is 0 Å². The lowest BCUT2D eigenvalue weighted by atomic mass is 10.3. The van der Waals surface area contributed by atoms with Crippen LogP contribution < -0.4 is 16.2 Å². The Hall–Kier alpha value is -1.57. The van der Waals surface area contributed by atoms with Crippen LogP contribution in [-0.4, -0.2) is 4.98 Å². The van der Waals surface area contributed by atoms with Crippen molar-refractivity contribution < 1.29 is 0 Å². The van der Waals surface area contributed by atoms with Gasteiger partial charge in [-0.3, -0.25) is 4.98 Å². The van der Waals surface area contributed by atoms with Crippen LogP contribution in [-0.2, 0) is 0 Å². The van der Waals surface area contributed by atoms with E-state index in [4.69, 9.17) is 5.73 Å². The Labute approximate surface area is 71.7 Å². The third-order valence-corrected chi connectivity index (χ3v) is 1.59. The molecule has 1 aromatic rings. The van der Waals surface area contributed by atoms with Gasteiger partial charge in [0.05, 0.1) is 0 Å². The van der Waals surface area contributed by atoms with E-state index in [2.05, 4.69) is 4.98 Å². The number of aromatic nitrogens is 1. The van der Waals surface area contributed by atoms with Gasteiger partial charge in [-0.2, -0.15) is 0 Å². The summed E-state index contributed by atoms with van der Waals surface area (Å²) in [5.74, 6) is 0. The molecule has 0 aliphatic rings. The van der Waals surface area contributed by atoms with Gasteiger partial charge < -0.3 is 5.73 Å². The monoisotopic (exact) mass is 160 g/mol. The highest BCUT2D eigenvalue weighted by atomic mass is 14.6. The lowest BCUT2D eigenvalue weighted by Gasteiger charge is -1.85. The van der Waals surface area contributed by atoms with Crippen molar-refractivity contribution in [1.29, 1.82) is 0 Å². The number of allylic oxidation sites excluding steroid dienone is 1. The molecule has 1 aromatic heterocycles. The van der Waals surface area contributed by atoms with Gasteiger partial charge in [-0.05, 0) is 35.7 Å². The van der Waals surface area contributed by atoms with Crippen LogP contribution in [0.2, 0.25) is 0 Å². The van der Waals surface area contributed by atoms with Gasteiger partial charge in [0.15, 0.2) is 0 Å². The quantitative estimate of drug-likeness (QED) is 0.634. The van der Waals surface area contributed by atoms with Crippen molar-refractivity contribution in [3.63, 3.8) is 0 Å². The second-order valence-corrected chi connectivity index (χ2v) is 2.34. The molecule has 0 fully saturated rings. The highest BCUT2D eigenvalue weighted by molar-refractivity contribution is 5.37. The number of hydrogen-bond donors (Lipinski definition) is 1. The van der Waals surface area contributed by atoms with Crippen LogP contribution >= 0.6 is 0 Å². The van der Waals surface area contributed by atoms with Crippen molar-refractivity contribution in [3.05, 3.63) is 41.2 Å². The van der Waals surface area contributed by atoms with Gasteiger partial charge in [-0.1, -0.05) is 12.2 Å². The first-order valence-electron chi connectivity index (χ1n) is 3.83. The lowest BCUT2D eigenvalue weighted by molar-refractivity contribution is 1.27. The maximum Gasteiger partial charge on any atom is 0.0346 e. The number of rotatable bonds is 1. The number of nitrogens with zero attached hydrogens (tertiary/aromatic N) is 1. The smallest absolute Gasteiger partial charge is 0.0346 e. The van der Waals surface area contributed by atoms with Crippen LogP contribution in [0.25, 0.3) is 12.2 Å². The summed E-state index contributed by atoms with van der Waals surface area (Å²) >= 11 is 0. The van der Waals surface area contributed by atoms with E-state index in [-0.39, 0.29) is 0 Å². The molecule has 1 rings (SSSR count). The zero-order chi connectivity index (χ0) is 8.81. The Morgan fingerprint density at radius 3 is 2.92 bits per heavy atom. The summed E-state index contributed by atoms with van der Waals surface area (Å²) in [4.78, 5) is 4.02. The van der Waals surface area contributed by atoms with Crippen LogP contribution in [0.4, 0.5) is 0 Å². The Bertz CT molecular complexity index is 377. The highest BCUT2D eigenvalue weighted by Crippen LogP contribution is 1.69. The van der Waals surface area contributed by atoms with Crippen molar-refractivity contribution in [1.82, 2.24) is 4.98 Å². The van der Waals surface area contributed by atoms with E-state index in [0.717, 1.165) is 5.22 Å². The molecule has 0 atom stereocenters. The van der Waals surface area contributed by atoms with E-state index in [1.165, 1.54) is 11.4 Å². The summed E-state index contributed by atoms with van der Waals surface area (Å²) in [6.07, 6.45) is 10.9.